The third kappa shape index (κ3) is 4.90. The number of benzene rings is 1. The van der Waals surface area contributed by atoms with Gasteiger partial charge in [0, 0.05) is 24.8 Å². The van der Waals surface area contributed by atoms with Crippen LogP contribution in [0.3, 0.4) is 0 Å². The first kappa shape index (κ1) is 23.1. The van der Waals surface area contributed by atoms with Gasteiger partial charge in [0.1, 0.15) is 5.82 Å². The van der Waals surface area contributed by atoms with Gasteiger partial charge in [-0.1, -0.05) is 31.9 Å². The summed E-state index contributed by atoms with van der Waals surface area (Å²) >= 11 is 0. The second-order valence-electron chi connectivity index (χ2n) is 10.6. The number of anilines is 3. The number of carbonyl (C=O) groups is 1. The van der Waals surface area contributed by atoms with Gasteiger partial charge in [-0.3, -0.25) is 4.79 Å². The minimum absolute atomic E-state index is 0.177. The number of hydrogen-bond acceptors (Lipinski definition) is 6. The fourth-order valence-corrected chi connectivity index (χ4v) is 5.96. The molecular weight excluding hydrogens is 424 g/mol. The number of carbonyl (C=O) groups excluding carboxylic acids is 1. The van der Waals surface area contributed by atoms with E-state index in [0.29, 0.717) is 5.82 Å². The molecule has 1 aromatic heterocycles. The number of aromatic nitrogens is 2. The zero-order chi connectivity index (χ0) is 23.5. The first-order valence-corrected chi connectivity index (χ1v) is 13.1. The number of likely N-dealkylation sites (tertiary alicyclic amines) is 1. The van der Waals surface area contributed by atoms with Crippen LogP contribution in [0.4, 0.5) is 17.3 Å². The Labute approximate surface area is 203 Å². The van der Waals surface area contributed by atoms with Crippen molar-refractivity contribution in [3.63, 3.8) is 0 Å². The molecule has 0 bridgehead atoms. The molecule has 0 radical (unpaired) electrons. The summed E-state index contributed by atoms with van der Waals surface area (Å²) in [6.45, 7) is 6.73. The predicted octanol–water partition coefficient (Wildman–Crippen LogP) is 4.61. The number of hydrogen-bond donors (Lipinski definition) is 2. The molecule has 3 heterocycles. The first-order valence-electron chi connectivity index (χ1n) is 13.1. The number of primary amides is 1. The van der Waals surface area contributed by atoms with Gasteiger partial charge in [-0.25, -0.2) is 9.97 Å². The third-order valence-corrected chi connectivity index (χ3v) is 8.26. The Balaban J connectivity index is 1.28. The Bertz CT molecular complexity index is 987. The molecule has 182 valence electrons. The number of nitrogens with two attached hydrogens (primary N) is 1. The molecule has 34 heavy (non-hydrogen) atoms. The number of piperidine rings is 2. The topological polar surface area (TPSA) is 87.4 Å². The molecule has 1 saturated carbocycles. The number of nitrogens with one attached hydrogen (secondary N) is 1. The SMILES string of the molecule is CC1(c2ccc(Nc3nc(N4CCCCC4)cnc3C(N)=O)cc2)CCN(C2CCCC2)CC1. The highest BCUT2D eigenvalue weighted by Gasteiger charge is 2.34. The van der Waals surface area contributed by atoms with Crippen molar-refractivity contribution in [2.45, 2.75) is 76.2 Å². The lowest BCUT2D eigenvalue weighted by Crippen LogP contribution is -2.45. The number of amides is 1. The summed E-state index contributed by atoms with van der Waals surface area (Å²) in [5.41, 5.74) is 8.25. The van der Waals surface area contributed by atoms with E-state index in [1.54, 1.807) is 6.20 Å². The van der Waals surface area contributed by atoms with Crippen molar-refractivity contribution in [1.29, 1.82) is 0 Å². The van der Waals surface area contributed by atoms with Crippen molar-refractivity contribution in [3.8, 4) is 0 Å². The number of nitrogens with zero attached hydrogens (tertiary/aromatic N) is 4. The van der Waals surface area contributed by atoms with Crippen LogP contribution in [0.2, 0.25) is 0 Å². The van der Waals surface area contributed by atoms with Crippen LogP contribution >= 0.6 is 0 Å². The summed E-state index contributed by atoms with van der Waals surface area (Å²) in [7, 11) is 0. The molecule has 7 heteroatoms. The maximum atomic E-state index is 12.0. The second-order valence-corrected chi connectivity index (χ2v) is 10.6. The molecule has 2 aliphatic heterocycles. The van der Waals surface area contributed by atoms with Crippen molar-refractivity contribution in [1.82, 2.24) is 14.9 Å². The molecule has 5 rings (SSSR count). The Hall–Kier alpha value is -2.67. The summed E-state index contributed by atoms with van der Waals surface area (Å²) in [6, 6.07) is 9.43. The molecule has 1 amide bonds. The summed E-state index contributed by atoms with van der Waals surface area (Å²) in [6.07, 6.45) is 13.2. The van der Waals surface area contributed by atoms with E-state index in [-0.39, 0.29) is 11.1 Å². The van der Waals surface area contributed by atoms with Gasteiger partial charge in [-0.05, 0) is 81.1 Å². The van der Waals surface area contributed by atoms with E-state index >= 15 is 0 Å². The van der Waals surface area contributed by atoms with Crippen LogP contribution in [0, 0.1) is 0 Å². The molecule has 3 N–H and O–H groups in total. The van der Waals surface area contributed by atoms with Gasteiger partial charge in [-0.2, -0.15) is 0 Å². The van der Waals surface area contributed by atoms with Gasteiger partial charge >= 0.3 is 0 Å². The van der Waals surface area contributed by atoms with E-state index in [1.165, 1.54) is 63.6 Å². The van der Waals surface area contributed by atoms with Gasteiger partial charge in [-0.15, -0.1) is 0 Å². The highest BCUT2D eigenvalue weighted by Crippen LogP contribution is 2.38. The van der Waals surface area contributed by atoms with Crippen LogP contribution in [0.15, 0.2) is 30.5 Å². The third-order valence-electron chi connectivity index (χ3n) is 8.26. The van der Waals surface area contributed by atoms with Crippen LogP contribution in [-0.2, 0) is 5.41 Å². The van der Waals surface area contributed by atoms with E-state index in [0.717, 1.165) is 43.5 Å². The molecule has 0 atom stereocenters. The van der Waals surface area contributed by atoms with Gasteiger partial charge in [0.2, 0.25) is 0 Å². The molecule has 3 fully saturated rings. The van der Waals surface area contributed by atoms with E-state index < -0.39 is 5.91 Å². The van der Waals surface area contributed by atoms with E-state index in [1.807, 2.05) is 0 Å². The van der Waals surface area contributed by atoms with Gasteiger partial charge in [0.15, 0.2) is 11.5 Å². The van der Waals surface area contributed by atoms with Crippen LogP contribution < -0.4 is 16.0 Å². The number of rotatable bonds is 6. The minimum atomic E-state index is -0.571. The van der Waals surface area contributed by atoms with Gasteiger partial charge in [0.05, 0.1) is 6.20 Å². The molecular formula is C27H38N6O. The highest BCUT2D eigenvalue weighted by atomic mass is 16.1. The van der Waals surface area contributed by atoms with Crippen molar-refractivity contribution < 1.29 is 4.79 Å². The molecule has 1 aromatic carbocycles. The van der Waals surface area contributed by atoms with Gasteiger partial charge < -0.3 is 20.9 Å². The van der Waals surface area contributed by atoms with Crippen molar-refractivity contribution >= 4 is 23.2 Å². The van der Waals surface area contributed by atoms with Crippen molar-refractivity contribution in [3.05, 3.63) is 41.7 Å². The predicted molar refractivity (Wildman–Crippen MR) is 137 cm³/mol. The standard InChI is InChI=1S/C27H38N6O/c1-27(13-17-32(18-14-27)22-7-3-4-8-22)20-9-11-21(12-10-20)30-26-24(25(28)34)29-19-23(31-26)33-15-5-2-6-16-33/h9-12,19,22H,2-8,13-18H2,1H3,(H2,28,34)(H,30,31). The minimum Gasteiger partial charge on any atom is -0.364 e. The van der Waals surface area contributed by atoms with Crippen LogP contribution in [0.25, 0.3) is 0 Å². The molecule has 2 saturated heterocycles. The van der Waals surface area contributed by atoms with Crippen LogP contribution in [-0.4, -0.2) is 53.0 Å². The lowest BCUT2D eigenvalue weighted by Gasteiger charge is -2.42. The Kier molecular flexibility index (Phi) is 6.73. The van der Waals surface area contributed by atoms with Crippen LogP contribution in [0.5, 0.6) is 0 Å². The molecule has 7 nitrogen and oxygen atoms in total. The highest BCUT2D eigenvalue weighted by molar-refractivity contribution is 5.96. The summed E-state index contributed by atoms with van der Waals surface area (Å²) in [4.78, 5) is 26.0. The lowest BCUT2D eigenvalue weighted by atomic mass is 9.74. The fourth-order valence-electron chi connectivity index (χ4n) is 5.96. The monoisotopic (exact) mass is 462 g/mol. The van der Waals surface area contributed by atoms with E-state index in [2.05, 4.69) is 51.3 Å². The average Bonchev–Trinajstić information content (AvgIpc) is 3.40. The van der Waals surface area contributed by atoms with E-state index in [4.69, 9.17) is 10.7 Å². The van der Waals surface area contributed by atoms with Crippen LogP contribution in [0.1, 0.15) is 80.8 Å². The Morgan fingerprint density at radius 1 is 1.00 bits per heavy atom. The molecule has 1 aliphatic carbocycles. The Morgan fingerprint density at radius 3 is 2.32 bits per heavy atom. The molecule has 0 unspecified atom stereocenters. The summed E-state index contributed by atoms with van der Waals surface area (Å²) < 4.78 is 0. The summed E-state index contributed by atoms with van der Waals surface area (Å²) in [5.74, 6) is 0.656. The first-order chi connectivity index (χ1) is 16.5. The zero-order valence-electron chi connectivity index (χ0n) is 20.4. The quantitative estimate of drug-likeness (QED) is 0.652. The maximum absolute atomic E-state index is 12.0. The van der Waals surface area contributed by atoms with Crippen molar-refractivity contribution in [2.24, 2.45) is 5.73 Å². The molecule has 3 aliphatic rings. The van der Waals surface area contributed by atoms with Crippen molar-refractivity contribution in [2.75, 3.05) is 36.4 Å². The van der Waals surface area contributed by atoms with E-state index in [9.17, 15) is 4.79 Å². The second kappa shape index (κ2) is 9.90. The fraction of sp³-hybridized carbons (Fsp3) is 0.593. The average molecular weight is 463 g/mol. The Morgan fingerprint density at radius 2 is 1.68 bits per heavy atom. The molecule has 0 spiro atoms. The lowest BCUT2D eigenvalue weighted by molar-refractivity contribution is 0.0996. The molecule has 2 aromatic rings. The largest absolute Gasteiger partial charge is 0.364 e. The smallest absolute Gasteiger partial charge is 0.271 e. The zero-order valence-corrected chi connectivity index (χ0v) is 20.4. The normalized spacial score (nSPS) is 21.5. The van der Waals surface area contributed by atoms with Gasteiger partial charge in [0.25, 0.3) is 5.91 Å². The maximum Gasteiger partial charge on any atom is 0.271 e. The summed E-state index contributed by atoms with van der Waals surface area (Å²) in [5, 5.41) is 3.31.